The predicted octanol–water partition coefficient (Wildman–Crippen LogP) is 2.17. The molecule has 2 atom stereocenters. The molecule has 1 fully saturated rings. The second-order valence-corrected chi connectivity index (χ2v) is 6.84. The summed E-state index contributed by atoms with van der Waals surface area (Å²) in [7, 11) is 0. The van der Waals surface area contributed by atoms with Crippen LogP contribution in [0.3, 0.4) is 0 Å². The lowest BCUT2D eigenvalue weighted by molar-refractivity contribution is 0.0736. The summed E-state index contributed by atoms with van der Waals surface area (Å²) >= 11 is 0. The molecule has 0 bridgehead atoms. The third-order valence-electron chi connectivity index (χ3n) is 4.50. The Morgan fingerprint density at radius 2 is 2.17 bits per heavy atom. The van der Waals surface area contributed by atoms with Gasteiger partial charge in [-0.25, -0.2) is 4.68 Å². The molecule has 6 nitrogen and oxygen atoms in total. The van der Waals surface area contributed by atoms with Crippen molar-refractivity contribution in [2.45, 2.75) is 63.8 Å². The topological polar surface area (TPSA) is 75.9 Å². The van der Waals surface area contributed by atoms with Crippen LogP contribution in [0.4, 0.5) is 0 Å². The lowest BCUT2D eigenvalue weighted by Crippen LogP contribution is -2.39. The van der Waals surface area contributed by atoms with Crippen molar-refractivity contribution in [3.05, 3.63) is 42.0 Å². The van der Waals surface area contributed by atoms with Crippen LogP contribution in [0.15, 0.2) is 30.7 Å². The van der Waals surface area contributed by atoms with E-state index in [0.717, 1.165) is 19.4 Å². The van der Waals surface area contributed by atoms with Crippen LogP contribution >= 0.6 is 0 Å². The first-order chi connectivity index (χ1) is 11.0. The number of nitrogens with zero attached hydrogens (tertiary/aromatic N) is 4. The van der Waals surface area contributed by atoms with Crippen LogP contribution in [0.25, 0.3) is 0 Å². The zero-order valence-electron chi connectivity index (χ0n) is 13.8. The molecule has 6 heteroatoms. The van der Waals surface area contributed by atoms with Gasteiger partial charge in [0.25, 0.3) is 0 Å². The van der Waals surface area contributed by atoms with Crippen LogP contribution in [0.1, 0.15) is 56.8 Å². The third-order valence-corrected chi connectivity index (χ3v) is 4.50. The molecule has 0 unspecified atom stereocenters. The first-order valence-corrected chi connectivity index (χ1v) is 8.31. The molecule has 2 N–H and O–H groups in total. The summed E-state index contributed by atoms with van der Waals surface area (Å²) in [6.45, 7) is 4.28. The van der Waals surface area contributed by atoms with Gasteiger partial charge in [0.2, 0.25) is 0 Å². The summed E-state index contributed by atoms with van der Waals surface area (Å²) in [5.41, 5.74) is 0.854. The van der Waals surface area contributed by atoms with Gasteiger partial charge < -0.3 is 10.4 Å². The van der Waals surface area contributed by atoms with E-state index in [1.54, 1.807) is 20.0 Å². The quantitative estimate of drug-likeness (QED) is 0.884. The maximum atomic E-state index is 10.1. The van der Waals surface area contributed by atoms with E-state index >= 15 is 0 Å². The minimum Gasteiger partial charge on any atom is -0.384 e. The molecule has 124 valence electrons. The zero-order valence-corrected chi connectivity index (χ0v) is 13.8. The molecule has 0 aliphatic heterocycles. The summed E-state index contributed by atoms with van der Waals surface area (Å²) < 4.78 is 1.92. The lowest BCUT2D eigenvalue weighted by atomic mass is 9.90. The molecule has 2 aromatic heterocycles. The van der Waals surface area contributed by atoms with Gasteiger partial charge in [-0.15, -0.1) is 5.10 Å². The Balaban J connectivity index is 1.70. The molecule has 0 aromatic carbocycles. The maximum absolute atomic E-state index is 10.1. The van der Waals surface area contributed by atoms with Crippen LogP contribution in [-0.4, -0.2) is 31.1 Å². The van der Waals surface area contributed by atoms with Crippen LogP contribution < -0.4 is 5.32 Å². The summed E-state index contributed by atoms with van der Waals surface area (Å²) in [4.78, 5) is 4.16. The summed E-state index contributed by atoms with van der Waals surface area (Å²) in [6.07, 6.45) is 10.2. The van der Waals surface area contributed by atoms with E-state index < -0.39 is 5.60 Å². The van der Waals surface area contributed by atoms with Crippen molar-refractivity contribution in [3.8, 4) is 0 Å². The Kier molecular flexibility index (Phi) is 4.73. The molecular formula is C17H25N5O. The van der Waals surface area contributed by atoms with Crippen molar-refractivity contribution in [2.75, 3.05) is 0 Å². The number of hydrogen-bond donors (Lipinski definition) is 2. The van der Waals surface area contributed by atoms with Crippen molar-refractivity contribution in [2.24, 2.45) is 0 Å². The SMILES string of the molecule is CC(C)(O)c1cn([C@@H]2CCCC[C@@H]2NCc2cccnc2)nn1. The summed E-state index contributed by atoms with van der Waals surface area (Å²) in [5, 5.41) is 22.1. The standard InChI is InChI=1S/C17H25N5O/c1-17(2,23)16-12-22(21-20-16)15-8-4-3-7-14(15)19-11-13-6-5-9-18-10-13/h5-6,9-10,12,14-15,19,23H,3-4,7-8,11H2,1-2H3/t14-,15+/m0/s1. The van der Waals surface area contributed by atoms with Crippen molar-refractivity contribution in [1.29, 1.82) is 0 Å². The van der Waals surface area contributed by atoms with Gasteiger partial charge in [-0.3, -0.25) is 4.98 Å². The second kappa shape index (κ2) is 6.76. The number of rotatable bonds is 5. The Bertz CT molecular complexity index is 619. The molecule has 0 spiro atoms. The van der Waals surface area contributed by atoms with Gasteiger partial charge in [0.1, 0.15) is 11.3 Å². The van der Waals surface area contributed by atoms with Crippen molar-refractivity contribution >= 4 is 0 Å². The molecule has 3 rings (SSSR count). The Hall–Kier alpha value is -1.79. The van der Waals surface area contributed by atoms with E-state index in [4.69, 9.17) is 0 Å². The molecule has 1 aliphatic rings. The van der Waals surface area contributed by atoms with E-state index in [2.05, 4.69) is 26.7 Å². The molecule has 0 saturated heterocycles. The van der Waals surface area contributed by atoms with E-state index in [1.807, 2.05) is 23.1 Å². The molecule has 23 heavy (non-hydrogen) atoms. The third kappa shape index (κ3) is 3.95. The normalized spacial score (nSPS) is 22.2. The Morgan fingerprint density at radius 3 is 2.87 bits per heavy atom. The lowest BCUT2D eigenvalue weighted by Gasteiger charge is -2.32. The molecule has 2 aromatic rings. The number of hydrogen-bond acceptors (Lipinski definition) is 5. The maximum Gasteiger partial charge on any atom is 0.114 e. The van der Waals surface area contributed by atoms with Crippen molar-refractivity contribution in [3.63, 3.8) is 0 Å². The first kappa shape index (κ1) is 16.1. The smallest absolute Gasteiger partial charge is 0.114 e. The number of aliphatic hydroxyl groups is 1. The molecular weight excluding hydrogens is 290 g/mol. The Labute approximate surface area is 136 Å². The monoisotopic (exact) mass is 315 g/mol. The van der Waals surface area contributed by atoms with Gasteiger partial charge in [0.05, 0.1) is 12.2 Å². The van der Waals surface area contributed by atoms with Crippen molar-refractivity contribution in [1.82, 2.24) is 25.3 Å². The number of nitrogens with one attached hydrogen (secondary N) is 1. The average molecular weight is 315 g/mol. The highest BCUT2D eigenvalue weighted by Crippen LogP contribution is 2.29. The summed E-state index contributed by atoms with van der Waals surface area (Å²) in [5.74, 6) is 0. The van der Waals surface area contributed by atoms with Gasteiger partial charge >= 0.3 is 0 Å². The van der Waals surface area contributed by atoms with Crippen LogP contribution in [0.2, 0.25) is 0 Å². The van der Waals surface area contributed by atoms with Gasteiger partial charge in [-0.1, -0.05) is 24.1 Å². The van der Waals surface area contributed by atoms with Crippen LogP contribution in [0, 0.1) is 0 Å². The molecule has 1 aliphatic carbocycles. The number of pyridine rings is 1. The second-order valence-electron chi connectivity index (χ2n) is 6.84. The van der Waals surface area contributed by atoms with E-state index in [9.17, 15) is 5.11 Å². The van der Waals surface area contributed by atoms with Gasteiger partial charge in [-0.05, 0) is 38.3 Å². The highest BCUT2D eigenvalue weighted by atomic mass is 16.3. The highest BCUT2D eigenvalue weighted by molar-refractivity contribution is 5.09. The average Bonchev–Trinajstić information content (AvgIpc) is 3.04. The van der Waals surface area contributed by atoms with Crippen molar-refractivity contribution < 1.29 is 5.11 Å². The first-order valence-electron chi connectivity index (χ1n) is 8.31. The predicted molar refractivity (Wildman–Crippen MR) is 87.6 cm³/mol. The molecule has 0 amide bonds. The fraction of sp³-hybridized carbons (Fsp3) is 0.588. The van der Waals surface area contributed by atoms with E-state index in [1.165, 1.54) is 18.4 Å². The highest BCUT2D eigenvalue weighted by Gasteiger charge is 2.29. The minimum atomic E-state index is -0.953. The van der Waals surface area contributed by atoms with Crippen LogP contribution in [-0.2, 0) is 12.1 Å². The minimum absolute atomic E-state index is 0.282. The Morgan fingerprint density at radius 1 is 1.35 bits per heavy atom. The van der Waals surface area contributed by atoms with Gasteiger partial charge in [0.15, 0.2) is 0 Å². The van der Waals surface area contributed by atoms with E-state index in [-0.39, 0.29) is 6.04 Å². The zero-order chi connectivity index (χ0) is 16.3. The van der Waals surface area contributed by atoms with Crippen LogP contribution in [0.5, 0.6) is 0 Å². The molecule has 2 heterocycles. The fourth-order valence-corrected chi connectivity index (χ4v) is 3.14. The molecule has 1 saturated carbocycles. The largest absolute Gasteiger partial charge is 0.384 e. The molecule has 0 radical (unpaired) electrons. The summed E-state index contributed by atoms with van der Waals surface area (Å²) in [6, 6.07) is 4.69. The van der Waals surface area contributed by atoms with Gasteiger partial charge in [-0.2, -0.15) is 0 Å². The van der Waals surface area contributed by atoms with Gasteiger partial charge in [0, 0.05) is 25.0 Å². The van der Waals surface area contributed by atoms with E-state index in [0.29, 0.717) is 11.7 Å². The number of aromatic nitrogens is 4. The fourth-order valence-electron chi connectivity index (χ4n) is 3.14.